The Bertz CT molecular complexity index is 434. The van der Waals surface area contributed by atoms with Crippen molar-refractivity contribution >= 4 is 45.3 Å². The molecule has 0 radical (unpaired) electrons. The molecule has 0 atom stereocenters. The number of rotatable bonds is 0. The molecule has 0 fully saturated rings. The number of aromatic amines is 1. The second kappa shape index (κ2) is 2.51. The van der Waals surface area contributed by atoms with Gasteiger partial charge < -0.3 is 16.5 Å². The molecule has 0 aliphatic rings. The van der Waals surface area contributed by atoms with Crippen LogP contribution >= 0.6 is 22.6 Å². The van der Waals surface area contributed by atoms with E-state index < -0.39 is 0 Å². The molecule has 0 aliphatic carbocycles. The Labute approximate surface area is 82.5 Å². The van der Waals surface area contributed by atoms with Gasteiger partial charge in [-0.25, -0.2) is 4.98 Å². The molecule has 0 aliphatic heterocycles. The topological polar surface area (TPSA) is 80.7 Å². The number of nitrogens with one attached hydrogen (secondary N) is 1. The number of halogens is 1. The fourth-order valence-electron chi connectivity index (χ4n) is 1.09. The van der Waals surface area contributed by atoms with Gasteiger partial charge in [-0.1, -0.05) is 0 Å². The van der Waals surface area contributed by atoms with E-state index in [1.54, 1.807) is 0 Å². The zero-order valence-corrected chi connectivity index (χ0v) is 8.29. The van der Waals surface area contributed by atoms with E-state index in [9.17, 15) is 0 Å². The highest BCUT2D eigenvalue weighted by Gasteiger charge is 2.05. The van der Waals surface area contributed by atoms with Crippen LogP contribution in [0.2, 0.25) is 0 Å². The number of nitrogens with zero attached hydrogens (tertiary/aromatic N) is 1. The van der Waals surface area contributed by atoms with E-state index in [1.807, 2.05) is 12.1 Å². The third-order valence-corrected chi connectivity index (χ3v) is 2.60. The van der Waals surface area contributed by atoms with Gasteiger partial charge in [-0.2, -0.15) is 0 Å². The van der Waals surface area contributed by atoms with Crippen molar-refractivity contribution in [2.24, 2.45) is 0 Å². The molecule has 5 N–H and O–H groups in total. The monoisotopic (exact) mass is 274 g/mol. The average molecular weight is 274 g/mol. The second-order valence-electron chi connectivity index (χ2n) is 2.48. The first kappa shape index (κ1) is 7.66. The predicted octanol–water partition coefficient (Wildman–Crippen LogP) is 1.33. The lowest BCUT2D eigenvalue weighted by molar-refractivity contribution is 1.35. The van der Waals surface area contributed by atoms with Gasteiger partial charge in [0.2, 0.25) is 0 Å². The Morgan fingerprint density at radius 1 is 1.33 bits per heavy atom. The standard InChI is InChI=1S/C7H7IN4/c8-3-1-2-4-6(5(3)9)12-7(10)11-4/h1-2H,9H2,(H3,10,11,12). The minimum absolute atomic E-state index is 0.402. The third-order valence-electron chi connectivity index (χ3n) is 1.66. The maximum atomic E-state index is 5.79. The molecule has 1 aromatic heterocycles. The highest BCUT2D eigenvalue weighted by molar-refractivity contribution is 14.1. The van der Waals surface area contributed by atoms with E-state index >= 15 is 0 Å². The van der Waals surface area contributed by atoms with Crippen LogP contribution in [0.25, 0.3) is 11.0 Å². The lowest BCUT2D eigenvalue weighted by Gasteiger charge is -1.96. The number of fused-ring (bicyclic) bond motifs is 1. The number of imidazole rings is 1. The normalized spacial score (nSPS) is 10.8. The van der Waals surface area contributed by atoms with E-state index in [2.05, 4.69) is 32.6 Å². The van der Waals surface area contributed by atoms with Gasteiger partial charge in [0, 0.05) is 3.57 Å². The fourth-order valence-corrected chi connectivity index (χ4v) is 1.53. The number of benzene rings is 1. The summed E-state index contributed by atoms with van der Waals surface area (Å²) >= 11 is 2.16. The molecule has 5 heteroatoms. The molecule has 0 saturated heterocycles. The van der Waals surface area contributed by atoms with E-state index in [1.165, 1.54) is 0 Å². The number of nitrogens with two attached hydrogens (primary N) is 2. The predicted molar refractivity (Wildman–Crippen MR) is 57.6 cm³/mol. The highest BCUT2D eigenvalue weighted by Crippen LogP contribution is 2.24. The summed E-state index contributed by atoms with van der Waals surface area (Å²) in [5, 5.41) is 0. The quantitative estimate of drug-likeness (QED) is 0.500. The summed E-state index contributed by atoms with van der Waals surface area (Å²) in [6.45, 7) is 0. The summed E-state index contributed by atoms with van der Waals surface area (Å²) in [7, 11) is 0. The van der Waals surface area contributed by atoms with Crippen LogP contribution < -0.4 is 11.5 Å². The Morgan fingerprint density at radius 3 is 2.83 bits per heavy atom. The second-order valence-corrected chi connectivity index (χ2v) is 3.64. The SMILES string of the molecule is Nc1nc2c(N)c(I)ccc2[nH]1. The number of nitrogen functional groups attached to an aromatic ring is 2. The number of hydrogen-bond donors (Lipinski definition) is 3. The average Bonchev–Trinajstić information content (AvgIpc) is 2.39. The summed E-state index contributed by atoms with van der Waals surface area (Å²) in [4.78, 5) is 6.98. The summed E-state index contributed by atoms with van der Waals surface area (Å²) in [6.07, 6.45) is 0. The molecule has 2 rings (SSSR count). The molecular formula is C7H7IN4. The van der Waals surface area contributed by atoms with Gasteiger partial charge in [0.05, 0.1) is 11.2 Å². The van der Waals surface area contributed by atoms with Crippen molar-refractivity contribution in [1.82, 2.24) is 9.97 Å². The smallest absolute Gasteiger partial charge is 0.198 e. The number of hydrogen-bond acceptors (Lipinski definition) is 3. The maximum absolute atomic E-state index is 5.79. The molecule has 0 amide bonds. The first-order valence-electron chi connectivity index (χ1n) is 3.37. The Balaban J connectivity index is 2.89. The van der Waals surface area contributed by atoms with Crippen molar-refractivity contribution in [1.29, 1.82) is 0 Å². The van der Waals surface area contributed by atoms with Crippen molar-refractivity contribution in [3.05, 3.63) is 15.7 Å². The van der Waals surface area contributed by atoms with Crippen LogP contribution in [0.15, 0.2) is 12.1 Å². The van der Waals surface area contributed by atoms with Gasteiger partial charge in [-0.15, -0.1) is 0 Å². The van der Waals surface area contributed by atoms with Gasteiger partial charge >= 0.3 is 0 Å². The molecule has 0 bridgehead atoms. The van der Waals surface area contributed by atoms with Crippen molar-refractivity contribution in [3.8, 4) is 0 Å². The first-order chi connectivity index (χ1) is 5.68. The molecule has 1 heterocycles. The van der Waals surface area contributed by atoms with Crippen LogP contribution in [0.5, 0.6) is 0 Å². The van der Waals surface area contributed by atoms with Crippen LogP contribution in [-0.4, -0.2) is 9.97 Å². The van der Waals surface area contributed by atoms with Crippen molar-refractivity contribution in [2.75, 3.05) is 11.5 Å². The molecule has 2 aromatic rings. The van der Waals surface area contributed by atoms with Gasteiger partial charge in [0.15, 0.2) is 5.95 Å². The summed E-state index contributed by atoms with van der Waals surface area (Å²) < 4.78 is 0.992. The molecule has 0 spiro atoms. The molecule has 0 saturated carbocycles. The van der Waals surface area contributed by atoms with Gasteiger partial charge in [-0.05, 0) is 34.7 Å². The summed E-state index contributed by atoms with van der Waals surface area (Å²) in [5.74, 6) is 0.402. The minimum atomic E-state index is 0.402. The van der Waals surface area contributed by atoms with Crippen molar-refractivity contribution < 1.29 is 0 Å². The molecule has 1 aromatic carbocycles. The fraction of sp³-hybridized carbons (Fsp3) is 0. The van der Waals surface area contributed by atoms with Crippen LogP contribution in [0, 0.1) is 3.57 Å². The van der Waals surface area contributed by atoms with Gasteiger partial charge in [0.25, 0.3) is 0 Å². The zero-order valence-electron chi connectivity index (χ0n) is 6.13. The van der Waals surface area contributed by atoms with E-state index in [0.29, 0.717) is 11.6 Å². The Kier molecular flexibility index (Phi) is 1.60. The zero-order chi connectivity index (χ0) is 8.72. The van der Waals surface area contributed by atoms with E-state index in [-0.39, 0.29) is 0 Å². The molecule has 0 unspecified atom stereocenters. The number of H-pyrrole nitrogens is 1. The lowest BCUT2D eigenvalue weighted by Crippen LogP contribution is -1.90. The van der Waals surface area contributed by atoms with Gasteiger partial charge in [0.1, 0.15) is 5.52 Å². The maximum Gasteiger partial charge on any atom is 0.198 e. The Hall–Kier alpha value is -0.980. The van der Waals surface area contributed by atoms with Crippen molar-refractivity contribution in [3.63, 3.8) is 0 Å². The summed E-state index contributed by atoms with van der Waals surface area (Å²) in [6, 6.07) is 3.84. The third kappa shape index (κ3) is 1.01. The van der Waals surface area contributed by atoms with Gasteiger partial charge in [-0.3, -0.25) is 0 Å². The summed E-state index contributed by atoms with van der Waals surface area (Å²) in [5.41, 5.74) is 13.6. The molecular weight excluding hydrogens is 267 g/mol. The Morgan fingerprint density at radius 2 is 2.08 bits per heavy atom. The minimum Gasteiger partial charge on any atom is -0.396 e. The molecule has 12 heavy (non-hydrogen) atoms. The first-order valence-corrected chi connectivity index (χ1v) is 4.45. The lowest BCUT2D eigenvalue weighted by atomic mass is 10.3. The van der Waals surface area contributed by atoms with Crippen molar-refractivity contribution in [2.45, 2.75) is 0 Å². The number of anilines is 2. The molecule has 62 valence electrons. The largest absolute Gasteiger partial charge is 0.396 e. The highest BCUT2D eigenvalue weighted by atomic mass is 127. The van der Waals surface area contributed by atoms with E-state index in [4.69, 9.17) is 11.5 Å². The van der Waals surface area contributed by atoms with Crippen LogP contribution in [-0.2, 0) is 0 Å². The van der Waals surface area contributed by atoms with E-state index in [0.717, 1.165) is 14.6 Å². The van der Waals surface area contributed by atoms with Crippen LogP contribution in [0.4, 0.5) is 11.6 Å². The van der Waals surface area contributed by atoms with Crippen LogP contribution in [0.1, 0.15) is 0 Å². The molecule has 4 nitrogen and oxygen atoms in total. The van der Waals surface area contributed by atoms with Crippen LogP contribution in [0.3, 0.4) is 0 Å². The number of aromatic nitrogens is 2.